The van der Waals surface area contributed by atoms with Crippen LogP contribution >= 0.6 is 11.6 Å². The summed E-state index contributed by atoms with van der Waals surface area (Å²) in [6.45, 7) is 1.49. The molecule has 9 heteroatoms. The Kier molecular flexibility index (Phi) is 7.03. The Morgan fingerprint density at radius 3 is 2.66 bits per heavy atom. The lowest BCUT2D eigenvalue weighted by Crippen LogP contribution is -2.44. The molecule has 29 heavy (non-hydrogen) atoms. The van der Waals surface area contributed by atoms with Crippen molar-refractivity contribution in [3.05, 3.63) is 53.2 Å². The number of nitrogens with zero attached hydrogens (tertiary/aromatic N) is 1. The molecule has 1 saturated heterocycles. The largest absolute Gasteiger partial charge is 0.396 e. The molecule has 1 aliphatic heterocycles. The maximum atomic E-state index is 12.4. The molecule has 0 atom stereocenters. The number of rotatable bonds is 6. The van der Waals surface area contributed by atoms with Crippen molar-refractivity contribution in [2.75, 3.05) is 37.0 Å². The number of nitrogens with one attached hydrogen (secondary N) is 3. The Hall–Kier alpha value is -2.68. The molecule has 0 saturated carbocycles. The monoisotopic (exact) mass is 418 g/mol. The molecule has 154 valence electrons. The van der Waals surface area contributed by atoms with Crippen molar-refractivity contribution in [2.24, 2.45) is 5.41 Å². The fourth-order valence-electron chi connectivity index (χ4n) is 3.01. The van der Waals surface area contributed by atoms with Crippen LogP contribution in [0.15, 0.2) is 42.6 Å². The Morgan fingerprint density at radius 1 is 1.17 bits per heavy atom. The Labute approximate surface area is 173 Å². The van der Waals surface area contributed by atoms with Crippen molar-refractivity contribution in [1.82, 2.24) is 10.3 Å². The molecule has 0 unspecified atom stereocenters. The van der Waals surface area contributed by atoms with E-state index in [2.05, 4.69) is 20.9 Å². The van der Waals surface area contributed by atoms with Crippen LogP contribution in [0.3, 0.4) is 0 Å². The molecule has 3 amide bonds. The fraction of sp³-hybridized carbons (Fsp3) is 0.350. The van der Waals surface area contributed by atoms with Gasteiger partial charge in [-0.2, -0.15) is 0 Å². The normalized spacial score (nSPS) is 15.4. The maximum Gasteiger partial charge on any atom is 0.319 e. The summed E-state index contributed by atoms with van der Waals surface area (Å²) in [5, 5.41) is 18.4. The third-order valence-corrected chi connectivity index (χ3v) is 5.09. The lowest BCUT2D eigenvalue weighted by Gasteiger charge is -2.35. The van der Waals surface area contributed by atoms with Crippen LogP contribution in [0.1, 0.15) is 23.2 Å². The average molecular weight is 419 g/mol. The quantitative estimate of drug-likeness (QED) is 0.576. The van der Waals surface area contributed by atoms with Crippen molar-refractivity contribution < 1.29 is 19.4 Å². The van der Waals surface area contributed by atoms with Crippen LogP contribution in [0, 0.1) is 5.41 Å². The Balaban J connectivity index is 1.56. The van der Waals surface area contributed by atoms with E-state index in [-0.39, 0.29) is 17.9 Å². The Morgan fingerprint density at radius 2 is 1.97 bits per heavy atom. The zero-order chi connectivity index (χ0) is 20.7. The van der Waals surface area contributed by atoms with Gasteiger partial charge in [-0.1, -0.05) is 17.7 Å². The number of anilines is 2. The molecular weight excluding hydrogens is 396 g/mol. The number of benzene rings is 1. The highest BCUT2D eigenvalue weighted by atomic mass is 35.5. The fourth-order valence-corrected chi connectivity index (χ4v) is 3.13. The predicted molar refractivity (Wildman–Crippen MR) is 110 cm³/mol. The average Bonchev–Trinajstić information content (AvgIpc) is 2.75. The molecule has 0 aliphatic carbocycles. The molecule has 4 N–H and O–H groups in total. The first-order valence-electron chi connectivity index (χ1n) is 9.26. The molecule has 0 radical (unpaired) electrons. The van der Waals surface area contributed by atoms with Gasteiger partial charge in [0, 0.05) is 42.6 Å². The summed E-state index contributed by atoms with van der Waals surface area (Å²) in [6, 6.07) is 9.40. The van der Waals surface area contributed by atoms with E-state index < -0.39 is 6.03 Å². The number of amides is 3. The number of aromatic nitrogens is 1. The summed E-state index contributed by atoms with van der Waals surface area (Å²) in [5.41, 5.74) is 0.489. The van der Waals surface area contributed by atoms with Gasteiger partial charge in [0.15, 0.2) is 0 Å². The van der Waals surface area contributed by atoms with Crippen LogP contribution < -0.4 is 16.0 Å². The van der Waals surface area contributed by atoms with Gasteiger partial charge in [0.05, 0.1) is 11.6 Å². The number of hydrogen-bond acceptors (Lipinski definition) is 5. The van der Waals surface area contributed by atoms with Crippen molar-refractivity contribution in [2.45, 2.75) is 12.8 Å². The van der Waals surface area contributed by atoms with Gasteiger partial charge in [0.25, 0.3) is 5.91 Å². The number of urea groups is 1. The summed E-state index contributed by atoms with van der Waals surface area (Å²) >= 11 is 5.79. The predicted octanol–water partition coefficient (Wildman–Crippen LogP) is 2.90. The topological polar surface area (TPSA) is 113 Å². The van der Waals surface area contributed by atoms with E-state index in [4.69, 9.17) is 16.3 Å². The molecule has 3 rings (SSSR count). The molecule has 8 nitrogen and oxygen atoms in total. The Bertz CT molecular complexity index is 854. The van der Waals surface area contributed by atoms with Crippen LogP contribution in [-0.2, 0) is 4.74 Å². The van der Waals surface area contributed by atoms with Gasteiger partial charge in [-0.25, -0.2) is 9.78 Å². The van der Waals surface area contributed by atoms with Gasteiger partial charge in [-0.05, 0) is 43.2 Å². The molecule has 1 aliphatic rings. The minimum absolute atomic E-state index is 0.00890. The van der Waals surface area contributed by atoms with Crippen molar-refractivity contribution in [1.29, 1.82) is 0 Å². The highest BCUT2D eigenvalue weighted by molar-refractivity contribution is 6.30. The summed E-state index contributed by atoms with van der Waals surface area (Å²) in [6.07, 6.45) is 2.83. The summed E-state index contributed by atoms with van der Waals surface area (Å²) in [4.78, 5) is 28.7. The smallest absolute Gasteiger partial charge is 0.319 e. The van der Waals surface area contributed by atoms with Gasteiger partial charge in [-0.15, -0.1) is 0 Å². The van der Waals surface area contributed by atoms with Crippen LogP contribution in [0.25, 0.3) is 0 Å². The molecule has 1 aromatic heterocycles. The van der Waals surface area contributed by atoms with Crippen LogP contribution in [0.5, 0.6) is 0 Å². The SMILES string of the molecule is O=C(NCC1(CO)CCOCC1)Nc1cccc(C(=O)Nc2ccc(Cl)cn2)c1. The van der Waals surface area contributed by atoms with E-state index in [1.54, 1.807) is 36.4 Å². The zero-order valence-corrected chi connectivity index (χ0v) is 16.5. The first kappa shape index (κ1) is 21.0. The van der Waals surface area contributed by atoms with E-state index >= 15 is 0 Å². The number of hydrogen-bond donors (Lipinski definition) is 4. The van der Waals surface area contributed by atoms with E-state index in [1.165, 1.54) is 6.20 Å². The van der Waals surface area contributed by atoms with Crippen LogP contribution in [-0.4, -0.2) is 48.4 Å². The van der Waals surface area contributed by atoms with Crippen LogP contribution in [0.4, 0.5) is 16.3 Å². The second-order valence-electron chi connectivity index (χ2n) is 6.97. The number of aliphatic hydroxyl groups excluding tert-OH is 1. The number of carbonyl (C=O) groups is 2. The highest BCUT2D eigenvalue weighted by Crippen LogP contribution is 2.29. The van der Waals surface area contributed by atoms with Crippen molar-refractivity contribution >= 4 is 35.0 Å². The molecular formula is C20H23ClN4O4. The van der Waals surface area contributed by atoms with Crippen LogP contribution in [0.2, 0.25) is 5.02 Å². The third-order valence-electron chi connectivity index (χ3n) is 4.86. The molecule has 0 spiro atoms. The molecule has 1 aromatic carbocycles. The summed E-state index contributed by atoms with van der Waals surface area (Å²) in [5.74, 6) is 0.0200. The van der Waals surface area contributed by atoms with Gasteiger partial charge < -0.3 is 25.8 Å². The summed E-state index contributed by atoms with van der Waals surface area (Å²) in [7, 11) is 0. The van der Waals surface area contributed by atoms with E-state index in [9.17, 15) is 14.7 Å². The molecule has 0 bridgehead atoms. The van der Waals surface area contributed by atoms with Gasteiger partial charge in [0.2, 0.25) is 0 Å². The minimum Gasteiger partial charge on any atom is -0.396 e. The second-order valence-corrected chi connectivity index (χ2v) is 7.41. The van der Waals surface area contributed by atoms with E-state index in [0.29, 0.717) is 54.7 Å². The first-order valence-corrected chi connectivity index (χ1v) is 9.64. The lowest BCUT2D eigenvalue weighted by molar-refractivity contribution is -0.0136. The highest BCUT2D eigenvalue weighted by Gasteiger charge is 2.32. The minimum atomic E-state index is -0.402. The number of halogens is 1. The lowest BCUT2D eigenvalue weighted by atomic mass is 9.81. The number of carbonyl (C=O) groups excluding carboxylic acids is 2. The standard InChI is InChI=1S/C20H23ClN4O4/c21-15-4-5-17(22-11-15)25-18(27)14-2-1-3-16(10-14)24-19(28)23-12-20(13-26)6-8-29-9-7-20/h1-5,10-11,26H,6-9,12-13H2,(H,22,25,27)(H2,23,24,28). The van der Waals surface area contributed by atoms with Crippen molar-refractivity contribution in [3.63, 3.8) is 0 Å². The maximum absolute atomic E-state index is 12.4. The molecule has 1 fully saturated rings. The first-order chi connectivity index (χ1) is 14.0. The van der Waals surface area contributed by atoms with Gasteiger partial charge in [0.1, 0.15) is 5.82 Å². The van der Waals surface area contributed by atoms with E-state index in [0.717, 1.165) is 0 Å². The number of ether oxygens (including phenoxy) is 1. The van der Waals surface area contributed by atoms with E-state index in [1.807, 2.05) is 0 Å². The number of aliphatic hydroxyl groups is 1. The van der Waals surface area contributed by atoms with Gasteiger partial charge >= 0.3 is 6.03 Å². The third kappa shape index (κ3) is 5.90. The van der Waals surface area contributed by atoms with Gasteiger partial charge in [-0.3, -0.25) is 4.79 Å². The zero-order valence-electron chi connectivity index (χ0n) is 15.8. The number of pyridine rings is 1. The summed E-state index contributed by atoms with van der Waals surface area (Å²) < 4.78 is 5.32. The second kappa shape index (κ2) is 9.69. The molecule has 2 aromatic rings. The van der Waals surface area contributed by atoms with Crippen molar-refractivity contribution in [3.8, 4) is 0 Å². The molecule has 2 heterocycles.